The summed E-state index contributed by atoms with van der Waals surface area (Å²) in [4.78, 5) is 15.5. The molecule has 0 unspecified atom stereocenters. The normalized spacial score (nSPS) is 10.8. The number of benzene rings is 1. The molecule has 100 valence electrons. The van der Waals surface area contributed by atoms with Crippen molar-refractivity contribution in [3.05, 3.63) is 47.7 Å². The van der Waals surface area contributed by atoms with E-state index in [4.69, 9.17) is 5.73 Å². The number of nitrogens with zero attached hydrogens (tertiary/aromatic N) is 3. The number of carbonyl (C=O) groups is 1. The van der Waals surface area contributed by atoms with Gasteiger partial charge in [0.25, 0.3) is 0 Å². The van der Waals surface area contributed by atoms with Gasteiger partial charge in [0.15, 0.2) is 11.3 Å². The maximum Gasteiger partial charge on any atom is 0.355 e. The molecule has 0 fully saturated rings. The van der Waals surface area contributed by atoms with Crippen LogP contribution >= 0.6 is 0 Å². The van der Waals surface area contributed by atoms with Crippen LogP contribution in [-0.4, -0.2) is 25.7 Å². The number of hydrogen-bond acceptors (Lipinski definition) is 4. The van der Waals surface area contributed by atoms with Crippen molar-refractivity contribution in [2.24, 2.45) is 0 Å². The number of carboxylic acids is 1. The van der Waals surface area contributed by atoms with Crippen LogP contribution < -0.4 is 5.73 Å². The Bertz CT molecular complexity index is 823. The molecule has 6 heteroatoms. The topological polar surface area (TPSA) is 93.5 Å². The summed E-state index contributed by atoms with van der Waals surface area (Å²) < 4.78 is 1.26. The van der Waals surface area contributed by atoms with Crippen molar-refractivity contribution in [1.82, 2.24) is 14.6 Å². The molecule has 3 N–H and O–H groups in total. The van der Waals surface area contributed by atoms with Crippen LogP contribution in [0.1, 0.15) is 16.1 Å². The Kier molecular flexibility index (Phi) is 2.64. The Morgan fingerprint density at radius 1 is 1.30 bits per heavy atom. The number of aryl methyl sites for hydroxylation is 1. The largest absolute Gasteiger partial charge is 0.476 e. The van der Waals surface area contributed by atoms with Gasteiger partial charge in [0, 0.05) is 5.56 Å². The monoisotopic (exact) mass is 268 g/mol. The number of anilines is 1. The average molecular weight is 268 g/mol. The number of nitrogen functional groups attached to an aromatic ring is 1. The molecule has 0 saturated carbocycles. The van der Waals surface area contributed by atoms with Gasteiger partial charge in [-0.05, 0) is 24.6 Å². The Hall–Kier alpha value is -2.89. The first kappa shape index (κ1) is 12.2. The summed E-state index contributed by atoms with van der Waals surface area (Å²) >= 11 is 0. The number of carboxylic acid groups (broad SMARTS) is 1. The second-order valence-electron chi connectivity index (χ2n) is 4.51. The van der Waals surface area contributed by atoms with Gasteiger partial charge in [0.1, 0.15) is 0 Å². The molecule has 0 saturated heterocycles. The van der Waals surface area contributed by atoms with E-state index in [-0.39, 0.29) is 11.6 Å². The molecule has 0 spiro atoms. The SMILES string of the molecule is Cc1cccc(-c2ccc3nc(N)nn3c2C(=O)O)c1. The van der Waals surface area contributed by atoms with Crippen molar-refractivity contribution in [3.63, 3.8) is 0 Å². The molecule has 0 aliphatic rings. The van der Waals surface area contributed by atoms with Crippen LogP contribution in [0.2, 0.25) is 0 Å². The lowest BCUT2D eigenvalue weighted by atomic mass is 10.0. The molecular weight excluding hydrogens is 256 g/mol. The van der Waals surface area contributed by atoms with Gasteiger partial charge in [-0.1, -0.05) is 29.8 Å². The summed E-state index contributed by atoms with van der Waals surface area (Å²) in [5.74, 6) is -1.02. The molecule has 0 bridgehead atoms. The van der Waals surface area contributed by atoms with Crippen molar-refractivity contribution in [2.45, 2.75) is 6.92 Å². The highest BCUT2D eigenvalue weighted by Crippen LogP contribution is 2.25. The second kappa shape index (κ2) is 4.34. The molecule has 0 radical (unpaired) electrons. The lowest BCUT2D eigenvalue weighted by Crippen LogP contribution is -2.09. The van der Waals surface area contributed by atoms with E-state index >= 15 is 0 Å². The van der Waals surface area contributed by atoms with E-state index in [0.29, 0.717) is 11.2 Å². The van der Waals surface area contributed by atoms with Crippen LogP contribution in [0.5, 0.6) is 0 Å². The van der Waals surface area contributed by atoms with Crippen LogP contribution in [0.3, 0.4) is 0 Å². The van der Waals surface area contributed by atoms with Gasteiger partial charge in [-0.15, -0.1) is 5.10 Å². The van der Waals surface area contributed by atoms with Crippen LogP contribution in [0.15, 0.2) is 36.4 Å². The Morgan fingerprint density at radius 2 is 2.10 bits per heavy atom. The predicted molar refractivity (Wildman–Crippen MR) is 74.5 cm³/mol. The zero-order valence-electron chi connectivity index (χ0n) is 10.7. The van der Waals surface area contributed by atoms with Crippen molar-refractivity contribution in [3.8, 4) is 11.1 Å². The van der Waals surface area contributed by atoms with E-state index in [1.807, 2.05) is 31.2 Å². The van der Waals surface area contributed by atoms with Crippen molar-refractivity contribution in [1.29, 1.82) is 0 Å². The third-order valence-electron chi connectivity index (χ3n) is 3.05. The van der Waals surface area contributed by atoms with Gasteiger partial charge >= 0.3 is 5.97 Å². The van der Waals surface area contributed by atoms with Crippen molar-refractivity contribution < 1.29 is 9.90 Å². The summed E-state index contributed by atoms with van der Waals surface area (Å²) in [6.07, 6.45) is 0. The predicted octanol–water partition coefficient (Wildman–Crippen LogP) is 1.99. The highest BCUT2D eigenvalue weighted by Gasteiger charge is 2.18. The molecule has 2 aromatic heterocycles. The van der Waals surface area contributed by atoms with Crippen molar-refractivity contribution >= 4 is 17.6 Å². The van der Waals surface area contributed by atoms with Gasteiger partial charge in [-0.2, -0.15) is 4.98 Å². The molecule has 6 nitrogen and oxygen atoms in total. The maximum absolute atomic E-state index is 11.6. The minimum atomic E-state index is -1.07. The van der Waals surface area contributed by atoms with Crippen LogP contribution in [-0.2, 0) is 0 Å². The van der Waals surface area contributed by atoms with Crippen LogP contribution in [0.4, 0.5) is 5.95 Å². The molecule has 0 atom stereocenters. The zero-order valence-corrected chi connectivity index (χ0v) is 10.7. The number of fused-ring (bicyclic) bond motifs is 1. The van der Waals surface area contributed by atoms with Gasteiger partial charge in [0.2, 0.25) is 5.95 Å². The van der Waals surface area contributed by atoms with Gasteiger partial charge in [0.05, 0.1) is 0 Å². The van der Waals surface area contributed by atoms with E-state index in [1.165, 1.54) is 4.52 Å². The molecule has 20 heavy (non-hydrogen) atoms. The molecule has 2 heterocycles. The smallest absolute Gasteiger partial charge is 0.355 e. The fourth-order valence-electron chi connectivity index (χ4n) is 2.22. The summed E-state index contributed by atoms with van der Waals surface area (Å²) in [5, 5.41) is 13.4. The maximum atomic E-state index is 11.6. The van der Waals surface area contributed by atoms with Crippen molar-refractivity contribution in [2.75, 3.05) is 5.73 Å². The number of nitrogens with two attached hydrogens (primary N) is 1. The lowest BCUT2D eigenvalue weighted by molar-refractivity contribution is 0.0688. The molecule has 1 aromatic carbocycles. The summed E-state index contributed by atoms with van der Waals surface area (Å²) in [5.41, 5.74) is 8.46. The minimum Gasteiger partial charge on any atom is -0.476 e. The van der Waals surface area contributed by atoms with Crippen LogP contribution in [0, 0.1) is 6.92 Å². The Balaban J connectivity index is 2.35. The van der Waals surface area contributed by atoms with E-state index in [1.54, 1.807) is 12.1 Å². The quantitative estimate of drug-likeness (QED) is 0.741. The molecule has 3 rings (SSSR count). The summed E-state index contributed by atoms with van der Waals surface area (Å²) in [6.45, 7) is 1.95. The number of rotatable bonds is 2. The van der Waals surface area contributed by atoms with E-state index in [9.17, 15) is 9.90 Å². The second-order valence-corrected chi connectivity index (χ2v) is 4.51. The molecule has 0 aliphatic carbocycles. The third kappa shape index (κ3) is 1.87. The fraction of sp³-hybridized carbons (Fsp3) is 0.0714. The summed E-state index contributed by atoms with van der Waals surface area (Å²) in [7, 11) is 0. The third-order valence-corrected chi connectivity index (χ3v) is 3.05. The van der Waals surface area contributed by atoms with Gasteiger partial charge in [-0.3, -0.25) is 0 Å². The molecule has 0 amide bonds. The lowest BCUT2D eigenvalue weighted by Gasteiger charge is -2.08. The van der Waals surface area contributed by atoms with E-state index in [0.717, 1.165) is 11.1 Å². The first-order valence-electron chi connectivity index (χ1n) is 6.02. The first-order chi connectivity index (χ1) is 9.56. The number of aromatic carboxylic acids is 1. The van der Waals surface area contributed by atoms with E-state index < -0.39 is 5.97 Å². The highest BCUT2D eigenvalue weighted by molar-refractivity contribution is 5.95. The molecule has 3 aromatic rings. The van der Waals surface area contributed by atoms with Crippen LogP contribution in [0.25, 0.3) is 16.8 Å². The minimum absolute atomic E-state index is 0.0499. The number of pyridine rings is 1. The molecule has 0 aliphatic heterocycles. The van der Waals surface area contributed by atoms with E-state index in [2.05, 4.69) is 10.1 Å². The molecular formula is C14H12N4O2. The fourth-order valence-corrected chi connectivity index (χ4v) is 2.22. The van der Waals surface area contributed by atoms with Gasteiger partial charge < -0.3 is 10.8 Å². The standard InChI is InChI=1S/C14H12N4O2/c1-8-3-2-4-9(7-8)10-5-6-11-16-14(15)17-18(11)12(10)13(19)20/h2-7H,1H3,(H2,15,17)(H,19,20). The zero-order chi connectivity index (χ0) is 14.3. The van der Waals surface area contributed by atoms with Gasteiger partial charge in [-0.25, -0.2) is 9.31 Å². The Morgan fingerprint density at radius 3 is 2.80 bits per heavy atom. The Labute approximate surface area is 114 Å². The average Bonchev–Trinajstić information content (AvgIpc) is 2.77. The first-order valence-corrected chi connectivity index (χ1v) is 6.02. The highest BCUT2D eigenvalue weighted by atomic mass is 16.4. The number of aromatic nitrogens is 3. The summed E-state index contributed by atoms with van der Waals surface area (Å²) in [6, 6.07) is 11.1. The number of hydrogen-bond donors (Lipinski definition) is 2.